The van der Waals surface area contributed by atoms with Crippen molar-refractivity contribution >= 4 is 6.03 Å². The number of methoxy groups -OCH3 is 1. The van der Waals surface area contributed by atoms with Crippen LogP contribution in [0.2, 0.25) is 0 Å². The lowest BCUT2D eigenvalue weighted by Gasteiger charge is -2.07. The van der Waals surface area contributed by atoms with E-state index in [9.17, 15) is 4.79 Å². The van der Waals surface area contributed by atoms with Gasteiger partial charge in [0, 0.05) is 44.4 Å². The molecule has 2 rings (SSSR count). The molecule has 21 heavy (non-hydrogen) atoms. The van der Waals surface area contributed by atoms with Crippen molar-refractivity contribution in [2.75, 3.05) is 26.8 Å². The third-order valence-corrected chi connectivity index (χ3v) is 2.83. The first-order valence-electron chi connectivity index (χ1n) is 6.74. The van der Waals surface area contributed by atoms with Crippen molar-refractivity contribution in [3.63, 3.8) is 0 Å². The highest BCUT2D eigenvalue weighted by Gasteiger charge is 2.02. The van der Waals surface area contributed by atoms with Crippen LogP contribution in [0.15, 0.2) is 36.8 Å². The van der Waals surface area contributed by atoms with Gasteiger partial charge in [0.25, 0.3) is 0 Å². The fourth-order valence-corrected chi connectivity index (χ4v) is 1.78. The molecule has 0 radical (unpaired) electrons. The van der Waals surface area contributed by atoms with Crippen molar-refractivity contribution in [1.82, 2.24) is 25.4 Å². The van der Waals surface area contributed by atoms with Gasteiger partial charge < -0.3 is 15.4 Å². The average molecular weight is 289 g/mol. The van der Waals surface area contributed by atoms with Crippen molar-refractivity contribution in [2.45, 2.75) is 6.54 Å². The third kappa shape index (κ3) is 4.88. The smallest absolute Gasteiger partial charge is 0.314 e. The Balaban J connectivity index is 1.75. The molecule has 7 nitrogen and oxygen atoms in total. The summed E-state index contributed by atoms with van der Waals surface area (Å²) in [6.45, 7) is 2.12. The van der Waals surface area contributed by atoms with Gasteiger partial charge in [0.15, 0.2) is 0 Å². The summed E-state index contributed by atoms with van der Waals surface area (Å²) < 4.78 is 6.65. The van der Waals surface area contributed by atoms with Crippen LogP contribution in [0.4, 0.5) is 4.79 Å². The van der Waals surface area contributed by atoms with Crippen LogP contribution in [-0.4, -0.2) is 47.6 Å². The zero-order chi connectivity index (χ0) is 14.9. The fraction of sp³-hybridized carbons (Fsp3) is 0.357. The molecule has 2 amide bonds. The lowest BCUT2D eigenvalue weighted by Crippen LogP contribution is -2.38. The predicted octanol–water partition coefficient (Wildman–Crippen LogP) is 0.891. The highest BCUT2D eigenvalue weighted by Crippen LogP contribution is 2.14. The number of carbonyl (C=O) groups excluding carboxylic acids is 1. The van der Waals surface area contributed by atoms with E-state index < -0.39 is 0 Å². The van der Waals surface area contributed by atoms with Gasteiger partial charge in [-0.2, -0.15) is 5.10 Å². The minimum atomic E-state index is -0.200. The highest BCUT2D eigenvalue weighted by molar-refractivity contribution is 5.73. The van der Waals surface area contributed by atoms with Crippen molar-refractivity contribution in [2.24, 2.45) is 0 Å². The molecule has 0 fully saturated rings. The van der Waals surface area contributed by atoms with E-state index in [0.29, 0.717) is 26.2 Å². The molecule has 2 heterocycles. The van der Waals surface area contributed by atoms with E-state index in [1.165, 1.54) is 0 Å². The van der Waals surface area contributed by atoms with Crippen molar-refractivity contribution < 1.29 is 9.53 Å². The SMILES string of the molecule is COCCNC(=O)NCCn1ccc(-c2ccncc2)n1. The van der Waals surface area contributed by atoms with Gasteiger partial charge in [0.05, 0.1) is 18.8 Å². The second kappa shape index (κ2) is 8.01. The Morgan fingerprint density at radius 2 is 2.00 bits per heavy atom. The molecule has 0 unspecified atom stereocenters. The molecule has 0 saturated heterocycles. The van der Waals surface area contributed by atoms with Crippen LogP contribution < -0.4 is 10.6 Å². The topological polar surface area (TPSA) is 81.1 Å². The predicted molar refractivity (Wildman–Crippen MR) is 78.7 cm³/mol. The average Bonchev–Trinajstić information content (AvgIpc) is 2.97. The zero-order valence-corrected chi connectivity index (χ0v) is 12.0. The number of hydrogen-bond donors (Lipinski definition) is 2. The molecule has 2 N–H and O–H groups in total. The number of urea groups is 1. The summed E-state index contributed by atoms with van der Waals surface area (Å²) in [4.78, 5) is 15.4. The van der Waals surface area contributed by atoms with Gasteiger partial charge in [-0.05, 0) is 18.2 Å². The first kappa shape index (κ1) is 15.0. The van der Waals surface area contributed by atoms with Crippen molar-refractivity contribution in [1.29, 1.82) is 0 Å². The Morgan fingerprint density at radius 1 is 1.24 bits per heavy atom. The number of nitrogens with zero attached hydrogens (tertiary/aromatic N) is 3. The summed E-state index contributed by atoms with van der Waals surface area (Å²) in [5.74, 6) is 0. The molecule has 0 atom stereocenters. The van der Waals surface area contributed by atoms with E-state index in [2.05, 4.69) is 20.7 Å². The van der Waals surface area contributed by atoms with Crippen molar-refractivity contribution in [3.05, 3.63) is 36.8 Å². The van der Waals surface area contributed by atoms with E-state index in [-0.39, 0.29) is 6.03 Å². The Bertz CT molecular complexity index is 556. The lowest BCUT2D eigenvalue weighted by molar-refractivity contribution is 0.196. The van der Waals surface area contributed by atoms with E-state index in [0.717, 1.165) is 11.3 Å². The molecule has 7 heteroatoms. The summed E-state index contributed by atoms with van der Waals surface area (Å²) >= 11 is 0. The molecule has 2 aromatic heterocycles. The van der Waals surface area contributed by atoms with Gasteiger partial charge in [0.2, 0.25) is 0 Å². The Morgan fingerprint density at radius 3 is 2.76 bits per heavy atom. The normalized spacial score (nSPS) is 10.3. The monoisotopic (exact) mass is 289 g/mol. The second-order valence-electron chi connectivity index (χ2n) is 4.38. The molecule has 2 aromatic rings. The van der Waals surface area contributed by atoms with Crippen LogP contribution in [-0.2, 0) is 11.3 Å². The maximum Gasteiger partial charge on any atom is 0.314 e. The number of aromatic nitrogens is 3. The van der Waals surface area contributed by atoms with Gasteiger partial charge in [-0.3, -0.25) is 9.67 Å². The summed E-state index contributed by atoms with van der Waals surface area (Å²) in [7, 11) is 1.59. The first-order valence-corrected chi connectivity index (χ1v) is 6.74. The number of hydrogen-bond acceptors (Lipinski definition) is 4. The molecule has 112 valence electrons. The summed E-state index contributed by atoms with van der Waals surface area (Å²) in [6, 6.07) is 5.56. The Kier molecular flexibility index (Phi) is 5.71. The maximum absolute atomic E-state index is 11.4. The van der Waals surface area contributed by atoms with Gasteiger partial charge >= 0.3 is 6.03 Å². The quantitative estimate of drug-likeness (QED) is 0.742. The number of amides is 2. The number of rotatable bonds is 7. The van der Waals surface area contributed by atoms with Crippen molar-refractivity contribution in [3.8, 4) is 11.3 Å². The molecule has 0 aliphatic carbocycles. The van der Waals surface area contributed by atoms with Crippen LogP contribution in [0.3, 0.4) is 0 Å². The third-order valence-electron chi connectivity index (χ3n) is 2.83. The van der Waals surface area contributed by atoms with Crippen LogP contribution in [0.1, 0.15) is 0 Å². The minimum Gasteiger partial charge on any atom is -0.383 e. The number of ether oxygens (including phenoxy) is 1. The number of pyridine rings is 1. The molecule has 0 aliphatic rings. The fourth-order valence-electron chi connectivity index (χ4n) is 1.78. The van der Waals surface area contributed by atoms with Crippen LogP contribution in [0.5, 0.6) is 0 Å². The van der Waals surface area contributed by atoms with Crippen LogP contribution in [0.25, 0.3) is 11.3 Å². The summed E-state index contributed by atoms with van der Waals surface area (Å²) in [5, 5.41) is 9.90. The molecular weight excluding hydrogens is 270 g/mol. The first-order chi connectivity index (χ1) is 10.3. The Hall–Kier alpha value is -2.41. The van der Waals surface area contributed by atoms with Crippen LogP contribution >= 0.6 is 0 Å². The highest BCUT2D eigenvalue weighted by atomic mass is 16.5. The van der Waals surface area contributed by atoms with Gasteiger partial charge in [-0.15, -0.1) is 0 Å². The zero-order valence-electron chi connectivity index (χ0n) is 12.0. The van der Waals surface area contributed by atoms with E-state index in [1.807, 2.05) is 24.4 Å². The molecule has 0 saturated carbocycles. The number of carbonyl (C=O) groups is 1. The lowest BCUT2D eigenvalue weighted by atomic mass is 10.2. The number of nitrogens with one attached hydrogen (secondary N) is 2. The van der Waals surface area contributed by atoms with Crippen LogP contribution in [0, 0.1) is 0 Å². The largest absolute Gasteiger partial charge is 0.383 e. The summed E-state index contributed by atoms with van der Waals surface area (Å²) in [5.41, 5.74) is 1.91. The second-order valence-corrected chi connectivity index (χ2v) is 4.38. The summed E-state index contributed by atoms with van der Waals surface area (Å²) in [6.07, 6.45) is 5.36. The molecule has 0 spiro atoms. The minimum absolute atomic E-state index is 0.200. The van der Waals surface area contributed by atoms with Gasteiger partial charge in [-0.25, -0.2) is 4.79 Å². The van der Waals surface area contributed by atoms with E-state index >= 15 is 0 Å². The van der Waals surface area contributed by atoms with E-state index in [1.54, 1.807) is 24.2 Å². The van der Waals surface area contributed by atoms with Gasteiger partial charge in [0.1, 0.15) is 0 Å². The molecule has 0 aromatic carbocycles. The van der Waals surface area contributed by atoms with E-state index in [4.69, 9.17) is 4.74 Å². The molecule has 0 aliphatic heterocycles. The standard InChI is InChI=1S/C14H19N5O2/c1-21-11-8-17-14(20)16-7-10-19-9-4-13(18-19)12-2-5-15-6-3-12/h2-6,9H,7-8,10-11H2,1H3,(H2,16,17,20). The Labute approximate surface area is 123 Å². The van der Waals surface area contributed by atoms with Gasteiger partial charge in [-0.1, -0.05) is 0 Å². The maximum atomic E-state index is 11.4. The molecular formula is C14H19N5O2. The molecule has 0 bridgehead atoms.